The van der Waals surface area contributed by atoms with Crippen molar-refractivity contribution in [1.82, 2.24) is 0 Å². The van der Waals surface area contributed by atoms with Crippen molar-refractivity contribution in [2.45, 2.75) is 25.9 Å². The fourth-order valence-electron chi connectivity index (χ4n) is 2.37. The molecule has 0 aliphatic carbocycles. The van der Waals surface area contributed by atoms with Gasteiger partial charge in [-0.1, -0.05) is 24.3 Å². The summed E-state index contributed by atoms with van der Waals surface area (Å²) in [6.07, 6.45) is -4.42. The number of benzene rings is 2. The zero-order chi connectivity index (χ0) is 16.5. The highest BCUT2D eigenvalue weighted by molar-refractivity contribution is 5.87. The highest BCUT2D eigenvalue weighted by Gasteiger charge is 2.30. The summed E-state index contributed by atoms with van der Waals surface area (Å²) in [5.41, 5.74) is 0.627. The Morgan fingerprint density at radius 2 is 1.55 bits per heavy atom. The zero-order valence-corrected chi connectivity index (χ0v) is 12.0. The van der Waals surface area contributed by atoms with E-state index in [1.54, 1.807) is 13.0 Å². The molecule has 0 aliphatic heterocycles. The maximum absolute atomic E-state index is 13.3. The van der Waals surface area contributed by atoms with E-state index in [0.717, 1.165) is 12.1 Å². The number of hydrogen-bond acceptors (Lipinski definition) is 1. The maximum Gasteiger partial charge on any atom is 0.416 e. The number of Topliss-reactive ketones (excluding diaryl/α,β-unsaturated/α-hetero) is 1. The highest BCUT2D eigenvalue weighted by Crippen LogP contribution is 2.32. The van der Waals surface area contributed by atoms with Crippen molar-refractivity contribution in [2.24, 2.45) is 0 Å². The third-order valence-corrected chi connectivity index (χ3v) is 3.49. The molecule has 0 saturated carbocycles. The van der Waals surface area contributed by atoms with E-state index in [0.29, 0.717) is 16.7 Å². The van der Waals surface area contributed by atoms with Crippen molar-refractivity contribution >= 4 is 5.78 Å². The van der Waals surface area contributed by atoms with Gasteiger partial charge in [0.1, 0.15) is 11.6 Å². The molecule has 2 aromatic rings. The van der Waals surface area contributed by atoms with Crippen LogP contribution in [0.15, 0.2) is 42.5 Å². The second-order valence-corrected chi connectivity index (χ2v) is 5.17. The number of hydrogen-bond donors (Lipinski definition) is 0. The topological polar surface area (TPSA) is 17.1 Å². The minimum Gasteiger partial charge on any atom is -0.299 e. The number of aryl methyl sites for hydroxylation is 1. The van der Waals surface area contributed by atoms with Crippen LogP contribution in [0.1, 0.15) is 35.1 Å². The van der Waals surface area contributed by atoms with Gasteiger partial charge in [-0.05, 0) is 48.7 Å². The Hall–Kier alpha value is -2.17. The van der Waals surface area contributed by atoms with Crippen molar-refractivity contribution in [1.29, 1.82) is 0 Å². The summed E-state index contributed by atoms with van der Waals surface area (Å²) in [5, 5.41) is 0. The number of rotatable bonds is 3. The molecular formula is C17H14F4O. The van der Waals surface area contributed by atoms with Crippen LogP contribution in [0.25, 0.3) is 0 Å². The first kappa shape index (κ1) is 16.2. The Labute approximate surface area is 125 Å². The van der Waals surface area contributed by atoms with Gasteiger partial charge in [0.05, 0.1) is 11.5 Å². The number of ketones is 1. The number of halogens is 4. The van der Waals surface area contributed by atoms with Crippen LogP contribution in [-0.2, 0) is 11.0 Å². The van der Waals surface area contributed by atoms with Crippen LogP contribution in [0, 0.1) is 12.7 Å². The molecule has 0 bridgehead atoms. The predicted molar refractivity (Wildman–Crippen MR) is 75.1 cm³/mol. The molecule has 0 radical (unpaired) electrons. The molecule has 1 unspecified atom stereocenters. The lowest BCUT2D eigenvalue weighted by molar-refractivity contribution is -0.137. The van der Waals surface area contributed by atoms with Gasteiger partial charge >= 0.3 is 6.18 Å². The third-order valence-electron chi connectivity index (χ3n) is 3.49. The first-order valence-corrected chi connectivity index (χ1v) is 6.64. The molecule has 116 valence electrons. The Kier molecular flexibility index (Phi) is 4.35. The molecule has 0 saturated heterocycles. The van der Waals surface area contributed by atoms with Gasteiger partial charge in [0.25, 0.3) is 0 Å². The average Bonchev–Trinajstić information content (AvgIpc) is 2.42. The van der Waals surface area contributed by atoms with Crippen molar-refractivity contribution in [3.63, 3.8) is 0 Å². The van der Waals surface area contributed by atoms with Gasteiger partial charge in [-0.2, -0.15) is 13.2 Å². The number of carbonyl (C=O) groups excluding carboxylic acids is 1. The molecule has 0 N–H and O–H groups in total. The molecule has 1 atom stereocenters. The number of carbonyl (C=O) groups is 1. The summed E-state index contributed by atoms with van der Waals surface area (Å²) in [7, 11) is 0. The van der Waals surface area contributed by atoms with Crippen molar-refractivity contribution in [2.75, 3.05) is 0 Å². The van der Waals surface area contributed by atoms with Crippen molar-refractivity contribution < 1.29 is 22.4 Å². The lowest BCUT2D eigenvalue weighted by Gasteiger charge is -2.16. The smallest absolute Gasteiger partial charge is 0.299 e. The first-order chi connectivity index (χ1) is 10.2. The van der Waals surface area contributed by atoms with E-state index in [9.17, 15) is 22.4 Å². The van der Waals surface area contributed by atoms with Gasteiger partial charge < -0.3 is 0 Å². The van der Waals surface area contributed by atoms with E-state index < -0.39 is 23.5 Å². The molecule has 0 spiro atoms. The predicted octanol–water partition coefficient (Wildman–Crippen LogP) is 4.87. The van der Waals surface area contributed by atoms with Gasteiger partial charge in [-0.25, -0.2) is 4.39 Å². The van der Waals surface area contributed by atoms with Gasteiger partial charge in [-0.15, -0.1) is 0 Å². The van der Waals surface area contributed by atoms with E-state index in [4.69, 9.17) is 0 Å². The van der Waals surface area contributed by atoms with Gasteiger partial charge in [-0.3, -0.25) is 4.79 Å². The normalized spacial score (nSPS) is 13.0. The lowest BCUT2D eigenvalue weighted by Crippen LogP contribution is -2.12. The van der Waals surface area contributed by atoms with Gasteiger partial charge in [0.15, 0.2) is 0 Å². The Bertz CT molecular complexity index is 687. The summed E-state index contributed by atoms with van der Waals surface area (Å²) in [4.78, 5) is 11.9. The molecule has 0 aromatic heterocycles. The largest absolute Gasteiger partial charge is 0.416 e. The van der Waals surface area contributed by atoms with E-state index >= 15 is 0 Å². The van der Waals surface area contributed by atoms with Crippen LogP contribution in [0.2, 0.25) is 0 Å². The zero-order valence-electron chi connectivity index (χ0n) is 12.0. The molecule has 22 heavy (non-hydrogen) atoms. The first-order valence-electron chi connectivity index (χ1n) is 6.64. The molecule has 2 rings (SSSR count). The molecule has 2 aromatic carbocycles. The SMILES string of the molecule is CC(=O)C(c1ccc(C(F)(F)F)cc1)c1ccc(F)c(C)c1. The summed E-state index contributed by atoms with van der Waals surface area (Å²) in [6, 6.07) is 8.74. The minimum absolute atomic E-state index is 0.217. The van der Waals surface area contributed by atoms with Crippen LogP contribution >= 0.6 is 0 Å². The Balaban J connectivity index is 2.44. The van der Waals surface area contributed by atoms with E-state index in [1.807, 2.05) is 0 Å². The highest BCUT2D eigenvalue weighted by atomic mass is 19.4. The van der Waals surface area contributed by atoms with E-state index in [-0.39, 0.29) is 5.78 Å². The number of alkyl halides is 3. The minimum atomic E-state index is -4.42. The standard InChI is InChI=1S/C17H14F4O/c1-10-9-13(5-8-15(10)18)16(11(2)22)12-3-6-14(7-4-12)17(19,20)21/h3-9,16H,1-2H3. The molecule has 0 aliphatic rings. The van der Waals surface area contributed by atoms with Crippen molar-refractivity contribution in [3.05, 3.63) is 70.5 Å². The van der Waals surface area contributed by atoms with Crippen LogP contribution in [-0.4, -0.2) is 5.78 Å². The molecular weight excluding hydrogens is 296 g/mol. The molecule has 1 nitrogen and oxygen atoms in total. The summed E-state index contributed by atoms with van der Waals surface area (Å²) in [5.74, 6) is -1.31. The fourth-order valence-corrected chi connectivity index (χ4v) is 2.37. The van der Waals surface area contributed by atoms with Crippen LogP contribution in [0.5, 0.6) is 0 Å². The second kappa shape index (κ2) is 5.91. The van der Waals surface area contributed by atoms with Gasteiger partial charge in [0.2, 0.25) is 0 Å². The van der Waals surface area contributed by atoms with E-state index in [1.165, 1.54) is 31.2 Å². The maximum atomic E-state index is 13.3. The molecule has 5 heteroatoms. The average molecular weight is 310 g/mol. The summed E-state index contributed by atoms with van der Waals surface area (Å²) in [6.45, 7) is 2.93. The fraction of sp³-hybridized carbons (Fsp3) is 0.235. The summed E-state index contributed by atoms with van der Waals surface area (Å²) < 4.78 is 51.1. The molecule has 0 amide bonds. The quantitative estimate of drug-likeness (QED) is 0.739. The Morgan fingerprint density at radius 3 is 2.00 bits per heavy atom. The van der Waals surface area contributed by atoms with Crippen LogP contribution in [0.4, 0.5) is 17.6 Å². The van der Waals surface area contributed by atoms with Crippen LogP contribution < -0.4 is 0 Å². The van der Waals surface area contributed by atoms with Crippen LogP contribution in [0.3, 0.4) is 0 Å². The summed E-state index contributed by atoms with van der Waals surface area (Å²) >= 11 is 0. The lowest BCUT2D eigenvalue weighted by atomic mass is 9.87. The third kappa shape index (κ3) is 3.35. The Morgan fingerprint density at radius 1 is 1.00 bits per heavy atom. The monoisotopic (exact) mass is 310 g/mol. The van der Waals surface area contributed by atoms with E-state index in [2.05, 4.69) is 0 Å². The van der Waals surface area contributed by atoms with Gasteiger partial charge in [0, 0.05) is 0 Å². The second-order valence-electron chi connectivity index (χ2n) is 5.17. The van der Waals surface area contributed by atoms with Crippen molar-refractivity contribution in [3.8, 4) is 0 Å². The molecule has 0 fully saturated rings. The molecule has 0 heterocycles.